The smallest absolute Gasteiger partial charge is 0.0992 e. The molecule has 0 spiro atoms. The number of nitrogens with zero attached hydrogens (tertiary/aromatic N) is 2. The number of hydrogen-bond acceptors (Lipinski definition) is 3. The number of nitriles is 1. The molecule has 1 aliphatic rings. The molecule has 0 aromatic heterocycles. The molecule has 1 heterocycles. The van der Waals surface area contributed by atoms with Crippen molar-refractivity contribution in [1.29, 1.82) is 5.26 Å². The van der Waals surface area contributed by atoms with Gasteiger partial charge in [0, 0.05) is 19.3 Å². The summed E-state index contributed by atoms with van der Waals surface area (Å²) >= 11 is 0. The third-order valence-electron chi connectivity index (χ3n) is 3.35. The van der Waals surface area contributed by atoms with Crippen LogP contribution in [0.1, 0.15) is 18.4 Å². The van der Waals surface area contributed by atoms with Crippen LogP contribution in [0.15, 0.2) is 24.3 Å². The van der Waals surface area contributed by atoms with Gasteiger partial charge >= 0.3 is 0 Å². The Morgan fingerprint density at radius 3 is 3.12 bits per heavy atom. The van der Waals surface area contributed by atoms with Crippen molar-refractivity contribution in [2.75, 3.05) is 31.6 Å². The second-order valence-corrected chi connectivity index (χ2v) is 4.76. The summed E-state index contributed by atoms with van der Waals surface area (Å²) in [5.41, 5.74) is 1.87. The first-order chi connectivity index (χ1) is 8.29. The van der Waals surface area contributed by atoms with Gasteiger partial charge in [-0.25, -0.2) is 0 Å². The number of anilines is 1. The van der Waals surface area contributed by atoms with Crippen LogP contribution >= 0.6 is 0 Å². The van der Waals surface area contributed by atoms with E-state index in [4.69, 9.17) is 5.26 Å². The number of piperidine rings is 1. The van der Waals surface area contributed by atoms with E-state index in [0.29, 0.717) is 0 Å². The Kier molecular flexibility index (Phi) is 4.00. The lowest BCUT2D eigenvalue weighted by Crippen LogP contribution is -2.36. The van der Waals surface area contributed by atoms with Crippen LogP contribution in [0.4, 0.5) is 5.69 Å². The van der Waals surface area contributed by atoms with Crippen molar-refractivity contribution in [3.63, 3.8) is 0 Å². The van der Waals surface area contributed by atoms with Crippen molar-refractivity contribution < 1.29 is 0 Å². The van der Waals surface area contributed by atoms with Crippen molar-refractivity contribution in [2.24, 2.45) is 5.92 Å². The second kappa shape index (κ2) is 5.70. The predicted molar refractivity (Wildman–Crippen MR) is 70.0 cm³/mol. The zero-order valence-corrected chi connectivity index (χ0v) is 10.3. The van der Waals surface area contributed by atoms with E-state index in [9.17, 15) is 0 Å². The van der Waals surface area contributed by atoms with Crippen LogP contribution < -0.4 is 10.2 Å². The molecule has 1 aromatic rings. The maximum Gasteiger partial charge on any atom is 0.0992 e. The monoisotopic (exact) mass is 229 g/mol. The van der Waals surface area contributed by atoms with Gasteiger partial charge in [0.1, 0.15) is 0 Å². The van der Waals surface area contributed by atoms with Crippen molar-refractivity contribution in [3.05, 3.63) is 29.8 Å². The normalized spacial score (nSPS) is 19.6. The average Bonchev–Trinajstić information content (AvgIpc) is 2.40. The molecule has 0 bridgehead atoms. The van der Waals surface area contributed by atoms with Gasteiger partial charge in [-0.15, -0.1) is 0 Å². The highest BCUT2D eigenvalue weighted by Crippen LogP contribution is 2.18. The first kappa shape index (κ1) is 11.9. The zero-order chi connectivity index (χ0) is 12.1. The van der Waals surface area contributed by atoms with E-state index >= 15 is 0 Å². The highest BCUT2D eigenvalue weighted by Gasteiger charge is 2.15. The lowest BCUT2D eigenvalue weighted by Gasteiger charge is -2.29. The van der Waals surface area contributed by atoms with Crippen LogP contribution in [0.25, 0.3) is 0 Å². The summed E-state index contributed by atoms with van der Waals surface area (Å²) in [6.07, 6.45) is 2.58. The van der Waals surface area contributed by atoms with E-state index in [-0.39, 0.29) is 0 Å². The van der Waals surface area contributed by atoms with Gasteiger partial charge in [-0.05, 0) is 50.0 Å². The van der Waals surface area contributed by atoms with Crippen LogP contribution in [0.3, 0.4) is 0 Å². The summed E-state index contributed by atoms with van der Waals surface area (Å²) in [6, 6.07) is 10.0. The van der Waals surface area contributed by atoms with E-state index < -0.39 is 0 Å². The van der Waals surface area contributed by atoms with E-state index in [2.05, 4.69) is 29.4 Å². The summed E-state index contributed by atoms with van der Waals surface area (Å²) in [5.74, 6) is 0.722. The van der Waals surface area contributed by atoms with Gasteiger partial charge in [-0.2, -0.15) is 5.26 Å². The highest BCUT2D eigenvalue weighted by atomic mass is 15.1. The van der Waals surface area contributed by atoms with E-state index in [0.717, 1.165) is 36.8 Å². The molecule has 0 aliphatic carbocycles. The molecule has 1 N–H and O–H groups in total. The molecule has 90 valence electrons. The molecular formula is C14H19N3. The minimum atomic E-state index is 0.722. The van der Waals surface area contributed by atoms with Crippen molar-refractivity contribution in [3.8, 4) is 6.07 Å². The zero-order valence-electron chi connectivity index (χ0n) is 10.3. The van der Waals surface area contributed by atoms with Gasteiger partial charge in [0.05, 0.1) is 11.6 Å². The van der Waals surface area contributed by atoms with Crippen LogP contribution in [-0.4, -0.2) is 26.7 Å². The molecule has 3 nitrogen and oxygen atoms in total. The largest absolute Gasteiger partial charge is 0.374 e. The Hall–Kier alpha value is -1.53. The summed E-state index contributed by atoms with van der Waals surface area (Å²) in [7, 11) is 2.10. The van der Waals surface area contributed by atoms with Crippen molar-refractivity contribution >= 4 is 5.69 Å². The Morgan fingerprint density at radius 1 is 1.53 bits per heavy atom. The molecule has 17 heavy (non-hydrogen) atoms. The molecule has 3 heteroatoms. The quantitative estimate of drug-likeness (QED) is 0.861. The van der Waals surface area contributed by atoms with E-state index in [1.54, 1.807) is 0 Å². The lowest BCUT2D eigenvalue weighted by molar-refractivity contribution is 0.381. The SMILES string of the molecule is CN(CC1CCCNC1)c1cccc(C#N)c1. The van der Waals surface area contributed by atoms with E-state index in [1.165, 1.54) is 12.8 Å². The molecule has 1 fully saturated rings. The number of hydrogen-bond donors (Lipinski definition) is 1. The molecule has 1 atom stereocenters. The Balaban J connectivity index is 1.98. The fourth-order valence-electron chi connectivity index (χ4n) is 2.39. The maximum absolute atomic E-state index is 8.89. The molecule has 1 unspecified atom stereocenters. The van der Waals surface area contributed by atoms with Crippen LogP contribution in [0, 0.1) is 17.2 Å². The second-order valence-electron chi connectivity index (χ2n) is 4.76. The number of benzene rings is 1. The van der Waals surface area contributed by atoms with Crippen LogP contribution in [0.2, 0.25) is 0 Å². The van der Waals surface area contributed by atoms with Gasteiger partial charge in [-0.3, -0.25) is 0 Å². The van der Waals surface area contributed by atoms with Crippen LogP contribution in [0.5, 0.6) is 0 Å². The number of nitrogens with one attached hydrogen (secondary N) is 1. The maximum atomic E-state index is 8.89. The summed E-state index contributed by atoms with van der Waals surface area (Å²) < 4.78 is 0. The predicted octanol–water partition coefficient (Wildman–Crippen LogP) is 1.99. The fraction of sp³-hybridized carbons (Fsp3) is 0.500. The molecule has 0 saturated carbocycles. The standard InChI is InChI=1S/C14H19N3/c1-17(11-13-5-3-7-16-10-13)14-6-2-4-12(8-14)9-15/h2,4,6,8,13,16H,3,5,7,10-11H2,1H3. The first-order valence-corrected chi connectivity index (χ1v) is 6.21. The first-order valence-electron chi connectivity index (χ1n) is 6.21. The Labute approximate surface area is 103 Å². The molecular weight excluding hydrogens is 210 g/mol. The third kappa shape index (κ3) is 3.21. The highest BCUT2D eigenvalue weighted by molar-refractivity contribution is 5.50. The van der Waals surface area contributed by atoms with Gasteiger partial charge < -0.3 is 10.2 Å². The molecule has 1 saturated heterocycles. The molecule has 1 aliphatic heterocycles. The fourth-order valence-corrected chi connectivity index (χ4v) is 2.39. The van der Waals surface area contributed by atoms with Gasteiger partial charge in [0.25, 0.3) is 0 Å². The van der Waals surface area contributed by atoms with Crippen LogP contribution in [-0.2, 0) is 0 Å². The van der Waals surface area contributed by atoms with Gasteiger partial charge in [-0.1, -0.05) is 6.07 Å². The lowest BCUT2D eigenvalue weighted by atomic mass is 9.99. The van der Waals surface area contributed by atoms with Gasteiger partial charge in [0.15, 0.2) is 0 Å². The Morgan fingerprint density at radius 2 is 2.41 bits per heavy atom. The summed E-state index contributed by atoms with van der Waals surface area (Å²) in [5, 5.41) is 12.3. The molecule has 0 radical (unpaired) electrons. The number of rotatable bonds is 3. The Bertz CT molecular complexity index is 402. The topological polar surface area (TPSA) is 39.1 Å². The molecule has 1 aromatic carbocycles. The average molecular weight is 229 g/mol. The summed E-state index contributed by atoms with van der Waals surface area (Å²) in [4.78, 5) is 2.25. The van der Waals surface area contributed by atoms with E-state index in [1.807, 2.05) is 18.2 Å². The van der Waals surface area contributed by atoms with Crippen molar-refractivity contribution in [2.45, 2.75) is 12.8 Å². The molecule has 0 amide bonds. The summed E-state index contributed by atoms with van der Waals surface area (Å²) in [6.45, 7) is 3.33. The van der Waals surface area contributed by atoms with Crippen molar-refractivity contribution in [1.82, 2.24) is 5.32 Å². The minimum absolute atomic E-state index is 0.722. The third-order valence-corrected chi connectivity index (χ3v) is 3.35. The van der Waals surface area contributed by atoms with Gasteiger partial charge in [0.2, 0.25) is 0 Å². The minimum Gasteiger partial charge on any atom is -0.374 e. The molecule has 2 rings (SSSR count).